The first-order chi connectivity index (χ1) is 13.0. The van der Waals surface area contributed by atoms with Crippen molar-refractivity contribution in [3.05, 3.63) is 70.9 Å². The fourth-order valence-electron chi connectivity index (χ4n) is 2.81. The average molecular weight is 365 g/mol. The van der Waals surface area contributed by atoms with Crippen molar-refractivity contribution in [1.82, 2.24) is 15.5 Å². The number of rotatable bonds is 4. The molecule has 2 aromatic heterocycles. The van der Waals surface area contributed by atoms with Crippen LogP contribution in [0.5, 0.6) is 0 Å². The van der Waals surface area contributed by atoms with Crippen molar-refractivity contribution >= 4 is 16.9 Å². The van der Waals surface area contributed by atoms with Crippen LogP contribution >= 0.6 is 0 Å². The molecule has 7 heteroatoms. The molecular weight excluding hydrogens is 349 g/mol. The van der Waals surface area contributed by atoms with E-state index in [0.717, 1.165) is 22.1 Å². The molecule has 6 nitrogen and oxygen atoms in total. The lowest BCUT2D eigenvalue weighted by atomic mass is 10.1. The van der Waals surface area contributed by atoms with Gasteiger partial charge >= 0.3 is 11.8 Å². The lowest BCUT2D eigenvalue weighted by Gasteiger charge is -2.02. The highest BCUT2D eigenvalue weighted by Crippen LogP contribution is 2.32. The molecular formula is C20H16FN3O3. The van der Waals surface area contributed by atoms with E-state index in [2.05, 4.69) is 15.5 Å². The van der Waals surface area contributed by atoms with Gasteiger partial charge in [0.05, 0.1) is 0 Å². The lowest BCUT2D eigenvalue weighted by Crippen LogP contribution is -2.23. The molecule has 0 aliphatic rings. The minimum Gasteiger partial charge on any atom is -0.451 e. The van der Waals surface area contributed by atoms with Gasteiger partial charge in [-0.05, 0) is 43.7 Å². The van der Waals surface area contributed by atoms with Crippen molar-refractivity contribution in [3.63, 3.8) is 0 Å². The van der Waals surface area contributed by atoms with Crippen molar-refractivity contribution in [1.29, 1.82) is 0 Å². The molecule has 0 unspecified atom stereocenters. The number of hydrogen-bond acceptors (Lipinski definition) is 5. The van der Waals surface area contributed by atoms with Crippen LogP contribution in [0.3, 0.4) is 0 Å². The summed E-state index contributed by atoms with van der Waals surface area (Å²) in [4.78, 5) is 12.2. The summed E-state index contributed by atoms with van der Waals surface area (Å²) in [7, 11) is 0. The Bertz CT molecular complexity index is 1130. The van der Waals surface area contributed by atoms with E-state index < -0.39 is 5.91 Å². The third-order valence-corrected chi connectivity index (χ3v) is 4.27. The largest absolute Gasteiger partial charge is 0.451 e. The minimum atomic E-state index is -0.511. The summed E-state index contributed by atoms with van der Waals surface area (Å²) in [6, 6.07) is 11.7. The maximum Gasteiger partial charge on any atom is 0.309 e. The molecule has 1 amide bonds. The van der Waals surface area contributed by atoms with Crippen LogP contribution in [-0.2, 0) is 6.54 Å². The van der Waals surface area contributed by atoms with Crippen LogP contribution in [0.2, 0.25) is 0 Å². The summed E-state index contributed by atoms with van der Waals surface area (Å²) in [5.74, 6) is -0.414. The molecule has 0 saturated heterocycles. The summed E-state index contributed by atoms with van der Waals surface area (Å²) >= 11 is 0. The first kappa shape index (κ1) is 17.0. The number of furan rings is 1. The van der Waals surface area contributed by atoms with E-state index in [9.17, 15) is 9.18 Å². The van der Waals surface area contributed by atoms with Crippen molar-refractivity contribution < 1.29 is 18.0 Å². The number of nitrogens with zero attached hydrogens (tertiary/aromatic N) is 2. The molecule has 2 heterocycles. The van der Waals surface area contributed by atoms with Crippen molar-refractivity contribution in [3.8, 4) is 11.7 Å². The van der Waals surface area contributed by atoms with E-state index in [0.29, 0.717) is 11.3 Å². The maximum atomic E-state index is 12.9. The highest BCUT2D eigenvalue weighted by molar-refractivity contribution is 5.90. The number of carbonyl (C=O) groups is 1. The Hall–Kier alpha value is -3.48. The van der Waals surface area contributed by atoms with Crippen LogP contribution in [0.25, 0.3) is 22.6 Å². The molecule has 0 radical (unpaired) electrons. The lowest BCUT2D eigenvalue weighted by molar-refractivity contribution is 0.0916. The highest BCUT2D eigenvalue weighted by Gasteiger charge is 2.21. The molecule has 1 N–H and O–H groups in total. The number of benzene rings is 2. The van der Waals surface area contributed by atoms with E-state index in [1.54, 1.807) is 12.1 Å². The standard InChI is InChI=1S/C20H16FN3O3/c1-11-3-8-16-15(9-11)12(2)17(26-16)19-23-24-20(27-19)18(25)22-10-13-4-6-14(21)7-5-13/h3-9H,10H2,1-2H3,(H,22,25). The fourth-order valence-corrected chi connectivity index (χ4v) is 2.81. The molecule has 4 aromatic rings. The highest BCUT2D eigenvalue weighted by atomic mass is 19.1. The number of carbonyl (C=O) groups excluding carboxylic acids is 1. The van der Waals surface area contributed by atoms with E-state index in [1.807, 2.05) is 32.0 Å². The number of nitrogens with one attached hydrogen (secondary N) is 1. The van der Waals surface area contributed by atoms with Crippen LogP contribution in [0.4, 0.5) is 4.39 Å². The predicted octanol–water partition coefficient (Wildman–Crippen LogP) is 4.17. The molecule has 0 aliphatic heterocycles. The van der Waals surface area contributed by atoms with Gasteiger partial charge in [-0.1, -0.05) is 23.8 Å². The monoisotopic (exact) mass is 365 g/mol. The zero-order valence-corrected chi connectivity index (χ0v) is 14.7. The first-order valence-electron chi connectivity index (χ1n) is 8.37. The Morgan fingerprint density at radius 2 is 1.85 bits per heavy atom. The Balaban J connectivity index is 1.53. The fraction of sp³-hybridized carbons (Fsp3) is 0.150. The van der Waals surface area contributed by atoms with Crippen LogP contribution in [0.1, 0.15) is 27.4 Å². The van der Waals surface area contributed by atoms with Gasteiger partial charge in [0.25, 0.3) is 5.89 Å². The van der Waals surface area contributed by atoms with Crippen LogP contribution < -0.4 is 5.32 Å². The van der Waals surface area contributed by atoms with Gasteiger partial charge in [-0.25, -0.2) is 4.39 Å². The summed E-state index contributed by atoms with van der Waals surface area (Å²) < 4.78 is 24.2. The third-order valence-electron chi connectivity index (χ3n) is 4.27. The minimum absolute atomic E-state index is 0.147. The topological polar surface area (TPSA) is 81.2 Å². The van der Waals surface area contributed by atoms with E-state index in [-0.39, 0.29) is 24.1 Å². The van der Waals surface area contributed by atoms with Gasteiger partial charge in [-0.3, -0.25) is 4.79 Å². The predicted molar refractivity (Wildman–Crippen MR) is 96.6 cm³/mol. The normalized spacial score (nSPS) is 11.1. The summed E-state index contributed by atoms with van der Waals surface area (Å²) in [6.07, 6.45) is 0. The Morgan fingerprint density at radius 1 is 1.07 bits per heavy atom. The molecule has 0 saturated carbocycles. The second-order valence-corrected chi connectivity index (χ2v) is 6.28. The summed E-state index contributed by atoms with van der Waals surface area (Å²) in [6.45, 7) is 4.13. The molecule has 4 rings (SSSR count). The van der Waals surface area contributed by atoms with Crippen LogP contribution in [-0.4, -0.2) is 16.1 Å². The van der Waals surface area contributed by atoms with Crippen LogP contribution in [0.15, 0.2) is 51.3 Å². The van der Waals surface area contributed by atoms with Crippen molar-refractivity contribution in [2.75, 3.05) is 0 Å². The smallest absolute Gasteiger partial charge is 0.309 e. The zero-order valence-electron chi connectivity index (χ0n) is 14.7. The van der Waals surface area contributed by atoms with E-state index in [4.69, 9.17) is 8.83 Å². The Labute approximate surface area is 154 Å². The number of aryl methyl sites for hydroxylation is 2. The Kier molecular flexibility index (Phi) is 4.19. The first-order valence-corrected chi connectivity index (χ1v) is 8.37. The number of hydrogen-bond donors (Lipinski definition) is 1. The SMILES string of the molecule is Cc1ccc2oc(-c3nnc(C(=O)NCc4ccc(F)cc4)o3)c(C)c2c1. The second kappa shape index (κ2) is 6.68. The summed E-state index contributed by atoms with van der Waals surface area (Å²) in [5, 5.41) is 11.4. The van der Waals surface area contributed by atoms with Gasteiger partial charge in [0.1, 0.15) is 11.4 Å². The van der Waals surface area contributed by atoms with Gasteiger partial charge in [-0.15, -0.1) is 10.2 Å². The molecule has 0 fully saturated rings. The van der Waals surface area contributed by atoms with Gasteiger partial charge in [0.2, 0.25) is 0 Å². The number of halogens is 1. The second-order valence-electron chi connectivity index (χ2n) is 6.28. The molecule has 0 aliphatic carbocycles. The molecule has 136 valence electrons. The van der Waals surface area contributed by atoms with Gasteiger partial charge < -0.3 is 14.2 Å². The van der Waals surface area contributed by atoms with Gasteiger partial charge in [0, 0.05) is 17.5 Å². The number of amides is 1. The summed E-state index contributed by atoms with van der Waals surface area (Å²) in [5.41, 5.74) is 3.46. The Morgan fingerprint density at radius 3 is 2.63 bits per heavy atom. The maximum absolute atomic E-state index is 12.9. The quantitative estimate of drug-likeness (QED) is 0.587. The molecule has 2 aromatic carbocycles. The number of fused-ring (bicyclic) bond motifs is 1. The van der Waals surface area contributed by atoms with Crippen LogP contribution in [0, 0.1) is 19.7 Å². The van der Waals surface area contributed by atoms with Gasteiger partial charge in [0.15, 0.2) is 5.76 Å². The average Bonchev–Trinajstić information content (AvgIpc) is 3.26. The van der Waals surface area contributed by atoms with E-state index in [1.165, 1.54) is 12.1 Å². The van der Waals surface area contributed by atoms with Gasteiger partial charge in [-0.2, -0.15) is 0 Å². The van der Waals surface area contributed by atoms with Crippen molar-refractivity contribution in [2.24, 2.45) is 0 Å². The molecule has 27 heavy (non-hydrogen) atoms. The number of aromatic nitrogens is 2. The third kappa shape index (κ3) is 3.31. The zero-order chi connectivity index (χ0) is 19.0. The molecule has 0 atom stereocenters. The molecule has 0 bridgehead atoms. The molecule has 0 spiro atoms. The van der Waals surface area contributed by atoms with E-state index >= 15 is 0 Å². The van der Waals surface area contributed by atoms with Crippen molar-refractivity contribution in [2.45, 2.75) is 20.4 Å².